The molecular formula is C29H28BrN3O3. The minimum Gasteiger partial charge on any atom is -0.493 e. The topological polar surface area (TPSA) is 64.9 Å². The van der Waals surface area contributed by atoms with E-state index in [0.717, 1.165) is 45.6 Å². The first-order valence-corrected chi connectivity index (χ1v) is 13.0. The van der Waals surface area contributed by atoms with Crippen LogP contribution >= 0.6 is 15.9 Å². The van der Waals surface area contributed by atoms with Gasteiger partial charge in [-0.1, -0.05) is 49.6 Å². The Labute approximate surface area is 219 Å². The van der Waals surface area contributed by atoms with Crippen LogP contribution in [0, 0.1) is 0 Å². The maximum Gasteiger partial charge on any atom is 0.336 e. The number of carbonyl (C=O) groups is 1. The number of fused-ring (bicyclic) bond motifs is 1. The highest BCUT2D eigenvalue weighted by atomic mass is 79.9. The van der Waals surface area contributed by atoms with E-state index in [0.29, 0.717) is 17.5 Å². The summed E-state index contributed by atoms with van der Waals surface area (Å²) in [6.07, 6.45) is 11.2. The molecule has 1 fully saturated rings. The number of benzene rings is 2. The van der Waals surface area contributed by atoms with Gasteiger partial charge in [-0.25, -0.2) is 9.78 Å². The van der Waals surface area contributed by atoms with Crippen molar-refractivity contribution in [2.24, 2.45) is 0 Å². The van der Waals surface area contributed by atoms with Gasteiger partial charge in [0.05, 0.1) is 7.11 Å². The van der Waals surface area contributed by atoms with Crippen molar-refractivity contribution >= 4 is 39.4 Å². The van der Waals surface area contributed by atoms with Crippen LogP contribution in [0.3, 0.4) is 0 Å². The molecule has 0 atom stereocenters. The van der Waals surface area contributed by atoms with Gasteiger partial charge in [-0.3, -0.25) is 4.40 Å². The van der Waals surface area contributed by atoms with Crippen LogP contribution in [-0.2, 0) is 4.79 Å². The Hall–Kier alpha value is -3.58. The number of nitrogens with zero attached hydrogens (tertiary/aromatic N) is 2. The number of anilines is 1. The summed E-state index contributed by atoms with van der Waals surface area (Å²) in [6, 6.07) is 19.5. The van der Waals surface area contributed by atoms with Crippen LogP contribution in [0.25, 0.3) is 23.0 Å². The molecular weight excluding hydrogens is 518 g/mol. The van der Waals surface area contributed by atoms with Gasteiger partial charge in [-0.15, -0.1) is 0 Å². The molecule has 0 bridgehead atoms. The minimum absolute atomic E-state index is 0.359. The third-order valence-corrected chi connectivity index (χ3v) is 6.86. The van der Waals surface area contributed by atoms with Gasteiger partial charge in [0.25, 0.3) is 0 Å². The standard InChI is InChI=1S/C29H28BrN3O3/c1-35-25-18-21(13-15-24(25)36-27(34)17-12-20-8-4-2-5-9-20)28-29(31-23-10-6-3-7-11-23)33-19-22(30)14-16-26(33)32-28/h2,4-5,8-9,12-19,23,31H,3,6-7,10-11H2,1H3. The number of halogens is 1. The molecule has 1 saturated carbocycles. The number of rotatable bonds is 7. The number of ether oxygens (including phenoxy) is 2. The monoisotopic (exact) mass is 545 g/mol. The second-order valence-corrected chi connectivity index (χ2v) is 9.81. The van der Waals surface area contributed by atoms with Crippen molar-refractivity contribution in [2.75, 3.05) is 12.4 Å². The molecule has 0 saturated heterocycles. The summed E-state index contributed by atoms with van der Waals surface area (Å²) >= 11 is 3.59. The van der Waals surface area contributed by atoms with Crippen molar-refractivity contribution in [3.05, 3.63) is 83.0 Å². The number of nitrogens with one attached hydrogen (secondary N) is 1. The Morgan fingerprint density at radius 1 is 1.06 bits per heavy atom. The molecule has 2 aromatic carbocycles. The first kappa shape index (κ1) is 24.1. The fourth-order valence-electron chi connectivity index (χ4n) is 4.57. The molecule has 5 rings (SSSR count). The third-order valence-electron chi connectivity index (χ3n) is 6.39. The molecule has 1 aliphatic rings. The van der Waals surface area contributed by atoms with Gasteiger partial charge in [0.2, 0.25) is 0 Å². The summed E-state index contributed by atoms with van der Waals surface area (Å²) in [6.45, 7) is 0. The van der Waals surface area contributed by atoms with Crippen molar-refractivity contribution in [2.45, 2.75) is 38.1 Å². The average molecular weight is 546 g/mol. The number of carbonyl (C=O) groups excluding carboxylic acids is 1. The Kier molecular flexibility index (Phi) is 7.37. The molecule has 36 heavy (non-hydrogen) atoms. The predicted octanol–water partition coefficient (Wildman–Crippen LogP) is 7.14. The summed E-state index contributed by atoms with van der Waals surface area (Å²) < 4.78 is 14.2. The molecule has 1 N–H and O–H groups in total. The zero-order valence-electron chi connectivity index (χ0n) is 20.1. The quantitative estimate of drug-likeness (QED) is 0.152. The molecule has 0 radical (unpaired) electrons. The highest BCUT2D eigenvalue weighted by Crippen LogP contribution is 2.37. The van der Waals surface area contributed by atoms with Gasteiger partial charge in [0, 0.05) is 28.4 Å². The summed E-state index contributed by atoms with van der Waals surface area (Å²) in [7, 11) is 1.57. The number of hydrogen-bond donors (Lipinski definition) is 1. The van der Waals surface area contributed by atoms with E-state index in [4.69, 9.17) is 14.5 Å². The smallest absolute Gasteiger partial charge is 0.336 e. The number of aromatic nitrogens is 2. The molecule has 4 aromatic rings. The van der Waals surface area contributed by atoms with E-state index in [2.05, 4.69) is 25.6 Å². The summed E-state index contributed by atoms with van der Waals surface area (Å²) in [4.78, 5) is 17.4. The van der Waals surface area contributed by atoms with E-state index in [1.54, 1.807) is 19.3 Å². The maximum atomic E-state index is 12.4. The fraction of sp³-hybridized carbons (Fsp3) is 0.241. The van der Waals surface area contributed by atoms with Gasteiger partial charge in [0.15, 0.2) is 11.5 Å². The van der Waals surface area contributed by atoms with Crippen molar-refractivity contribution in [1.82, 2.24) is 9.38 Å². The third kappa shape index (κ3) is 5.46. The molecule has 184 valence electrons. The Bertz CT molecular complexity index is 1390. The summed E-state index contributed by atoms with van der Waals surface area (Å²) in [5.74, 6) is 1.31. The largest absolute Gasteiger partial charge is 0.493 e. The molecule has 2 heterocycles. The van der Waals surface area contributed by atoms with E-state index >= 15 is 0 Å². The van der Waals surface area contributed by atoms with Crippen LogP contribution in [0.5, 0.6) is 11.5 Å². The van der Waals surface area contributed by atoms with Crippen molar-refractivity contribution < 1.29 is 14.3 Å². The number of esters is 1. The lowest BCUT2D eigenvalue weighted by molar-refractivity contribution is -0.129. The van der Waals surface area contributed by atoms with Crippen LogP contribution < -0.4 is 14.8 Å². The zero-order chi connectivity index (χ0) is 24.9. The molecule has 0 unspecified atom stereocenters. The fourth-order valence-corrected chi connectivity index (χ4v) is 4.91. The van der Waals surface area contributed by atoms with E-state index in [1.165, 1.54) is 25.3 Å². The average Bonchev–Trinajstić information content (AvgIpc) is 3.26. The first-order valence-electron chi connectivity index (χ1n) is 12.2. The molecule has 2 aromatic heterocycles. The van der Waals surface area contributed by atoms with Crippen molar-refractivity contribution in [3.63, 3.8) is 0 Å². The van der Waals surface area contributed by atoms with Crippen molar-refractivity contribution in [1.29, 1.82) is 0 Å². The number of pyridine rings is 1. The van der Waals surface area contributed by atoms with Gasteiger partial charge >= 0.3 is 5.97 Å². The minimum atomic E-state index is -0.470. The maximum absolute atomic E-state index is 12.4. The highest BCUT2D eigenvalue weighted by molar-refractivity contribution is 9.10. The Morgan fingerprint density at radius 2 is 1.86 bits per heavy atom. The summed E-state index contributed by atoms with van der Waals surface area (Å²) in [5, 5.41) is 3.76. The SMILES string of the molecule is COc1cc(-c2nc3ccc(Br)cn3c2NC2CCCCC2)ccc1OC(=O)C=Cc1ccccc1. The Morgan fingerprint density at radius 3 is 2.64 bits per heavy atom. The van der Waals surface area contributed by atoms with E-state index in [9.17, 15) is 4.79 Å². The predicted molar refractivity (Wildman–Crippen MR) is 146 cm³/mol. The van der Waals surface area contributed by atoms with Crippen molar-refractivity contribution in [3.8, 4) is 22.8 Å². The van der Waals surface area contributed by atoms with Gasteiger partial charge in [0.1, 0.15) is 17.2 Å². The zero-order valence-corrected chi connectivity index (χ0v) is 21.7. The second kappa shape index (κ2) is 11.0. The molecule has 1 aliphatic carbocycles. The van der Waals surface area contributed by atoms with E-state index < -0.39 is 5.97 Å². The lowest BCUT2D eigenvalue weighted by Crippen LogP contribution is -2.23. The lowest BCUT2D eigenvalue weighted by atomic mass is 9.95. The van der Waals surface area contributed by atoms with Crippen LogP contribution in [0.1, 0.15) is 37.7 Å². The molecule has 6 nitrogen and oxygen atoms in total. The lowest BCUT2D eigenvalue weighted by Gasteiger charge is -2.24. The molecule has 0 spiro atoms. The normalized spacial score (nSPS) is 14.3. The van der Waals surface area contributed by atoms with E-state index in [1.807, 2.05) is 60.8 Å². The van der Waals surface area contributed by atoms with Gasteiger partial charge < -0.3 is 14.8 Å². The Balaban J connectivity index is 1.44. The molecule has 7 heteroatoms. The van der Waals surface area contributed by atoms with Gasteiger partial charge in [-0.2, -0.15) is 0 Å². The molecule has 0 aliphatic heterocycles. The van der Waals surface area contributed by atoms with E-state index in [-0.39, 0.29) is 0 Å². The van der Waals surface area contributed by atoms with Crippen LogP contribution in [0.2, 0.25) is 0 Å². The number of methoxy groups -OCH3 is 1. The number of hydrogen-bond acceptors (Lipinski definition) is 5. The van der Waals surface area contributed by atoms with Gasteiger partial charge in [-0.05, 0) is 70.7 Å². The van der Waals surface area contributed by atoms with Crippen LogP contribution in [-0.4, -0.2) is 28.5 Å². The summed E-state index contributed by atoms with van der Waals surface area (Å²) in [5.41, 5.74) is 3.49. The highest BCUT2D eigenvalue weighted by Gasteiger charge is 2.21. The number of imidazole rings is 1. The second-order valence-electron chi connectivity index (χ2n) is 8.89. The van der Waals surface area contributed by atoms with Crippen LogP contribution in [0.15, 0.2) is 77.4 Å². The first-order chi connectivity index (χ1) is 17.6. The molecule has 0 amide bonds. The van der Waals surface area contributed by atoms with Crippen LogP contribution in [0.4, 0.5) is 5.82 Å².